The van der Waals surface area contributed by atoms with Gasteiger partial charge in [-0.25, -0.2) is 9.18 Å². The van der Waals surface area contributed by atoms with Crippen LogP contribution in [0.15, 0.2) is 54.7 Å². The number of nitrogens with zero attached hydrogens (tertiary/aromatic N) is 3. The van der Waals surface area contributed by atoms with Crippen LogP contribution in [0, 0.1) is 5.82 Å². The van der Waals surface area contributed by atoms with E-state index in [0.717, 1.165) is 22.0 Å². The fourth-order valence-corrected chi connectivity index (χ4v) is 3.03. The molecule has 0 atom stereocenters. The second-order valence-corrected chi connectivity index (χ2v) is 6.08. The van der Waals surface area contributed by atoms with Crippen LogP contribution in [0.2, 0.25) is 0 Å². The Balaban J connectivity index is 1.71. The molecule has 0 spiro atoms. The summed E-state index contributed by atoms with van der Waals surface area (Å²) in [5.74, 6) is -0.765. The van der Waals surface area contributed by atoms with Gasteiger partial charge in [0.1, 0.15) is 11.5 Å². The number of rotatable bonds is 5. The number of esters is 1. The third-order valence-corrected chi connectivity index (χ3v) is 4.33. The molecule has 7 heteroatoms. The van der Waals surface area contributed by atoms with Crippen LogP contribution in [0.4, 0.5) is 4.39 Å². The molecule has 1 N–H and O–H groups in total. The van der Waals surface area contributed by atoms with Gasteiger partial charge < -0.3 is 9.30 Å². The van der Waals surface area contributed by atoms with E-state index in [0.29, 0.717) is 12.2 Å². The molecule has 0 unspecified atom stereocenters. The number of carbonyl (C=O) groups excluding carboxylic acids is 1. The summed E-state index contributed by atoms with van der Waals surface area (Å²) in [6.45, 7) is 2.62. The van der Waals surface area contributed by atoms with Gasteiger partial charge in [-0.3, -0.25) is 0 Å². The second kappa shape index (κ2) is 7.03. The number of aromatic nitrogens is 4. The normalized spacial score (nSPS) is 11.0. The molecule has 2 aromatic carbocycles. The third kappa shape index (κ3) is 3.31. The summed E-state index contributed by atoms with van der Waals surface area (Å²) in [6.07, 6.45) is 1.98. The number of carbonyl (C=O) groups is 1. The quantitative estimate of drug-likeness (QED) is 0.547. The topological polar surface area (TPSA) is 72.8 Å². The van der Waals surface area contributed by atoms with E-state index in [1.54, 1.807) is 19.1 Å². The van der Waals surface area contributed by atoms with Crippen molar-refractivity contribution in [3.63, 3.8) is 0 Å². The van der Waals surface area contributed by atoms with Gasteiger partial charge in [0.05, 0.1) is 6.61 Å². The number of ether oxygens (including phenoxy) is 1. The van der Waals surface area contributed by atoms with E-state index in [1.807, 2.05) is 30.5 Å². The summed E-state index contributed by atoms with van der Waals surface area (Å²) in [6, 6.07) is 14.3. The van der Waals surface area contributed by atoms with Crippen molar-refractivity contribution in [2.45, 2.75) is 13.5 Å². The number of H-pyrrole nitrogens is 1. The van der Waals surface area contributed by atoms with E-state index >= 15 is 0 Å². The lowest BCUT2D eigenvalue weighted by molar-refractivity contribution is 0.0520. The summed E-state index contributed by atoms with van der Waals surface area (Å²) >= 11 is 0. The Morgan fingerprint density at radius 2 is 1.96 bits per heavy atom. The molecule has 0 aliphatic rings. The van der Waals surface area contributed by atoms with Gasteiger partial charge in [0, 0.05) is 23.8 Å². The zero-order valence-corrected chi connectivity index (χ0v) is 14.6. The van der Waals surface area contributed by atoms with Gasteiger partial charge in [-0.2, -0.15) is 10.3 Å². The average Bonchev–Trinajstić information content (AvgIpc) is 3.31. The smallest absolute Gasteiger partial charge is 0.361 e. The zero-order chi connectivity index (χ0) is 18.8. The second-order valence-electron chi connectivity index (χ2n) is 6.08. The summed E-state index contributed by atoms with van der Waals surface area (Å²) in [5, 5.41) is 11.6. The van der Waals surface area contributed by atoms with Gasteiger partial charge in [-0.1, -0.05) is 24.3 Å². The Hall–Kier alpha value is -3.48. The third-order valence-electron chi connectivity index (χ3n) is 4.33. The number of aromatic amines is 1. The maximum Gasteiger partial charge on any atom is 0.361 e. The van der Waals surface area contributed by atoms with Crippen LogP contribution < -0.4 is 0 Å². The molecule has 4 rings (SSSR count). The van der Waals surface area contributed by atoms with Gasteiger partial charge in [-0.15, -0.1) is 5.10 Å². The number of fused-ring (bicyclic) bond motifs is 1. The van der Waals surface area contributed by atoms with Crippen molar-refractivity contribution >= 4 is 16.9 Å². The minimum absolute atomic E-state index is 0.160. The van der Waals surface area contributed by atoms with Crippen molar-refractivity contribution in [2.24, 2.45) is 0 Å². The van der Waals surface area contributed by atoms with Crippen molar-refractivity contribution in [1.82, 2.24) is 20.0 Å². The maximum absolute atomic E-state index is 13.1. The Bertz CT molecular complexity index is 1100. The van der Waals surface area contributed by atoms with Gasteiger partial charge in [0.15, 0.2) is 5.69 Å². The Morgan fingerprint density at radius 3 is 2.74 bits per heavy atom. The molecule has 0 aliphatic heterocycles. The highest BCUT2D eigenvalue weighted by atomic mass is 19.1. The Morgan fingerprint density at radius 1 is 1.15 bits per heavy atom. The monoisotopic (exact) mass is 364 g/mol. The average molecular weight is 364 g/mol. The first-order valence-corrected chi connectivity index (χ1v) is 8.57. The number of hydrogen-bond donors (Lipinski definition) is 1. The van der Waals surface area contributed by atoms with Crippen molar-refractivity contribution in [3.05, 3.63) is 71.8 Å². The van der Waals surface area contributed by atoms with Crippen LogP contribution in [-0.4, -0.2) is 32.6 Å². The molecule has 6 nitrogen and oxygen atoms in total. The molecule has 0 fully saturated rings. The lowest BCUT2D eigenvalue weighted by Gasteiger charge is -2.07. The predicted octanol–water partition coefficient (Wildman–Crippen LogP) is 3.79. The molecular weight excluding hydrogens is 347 g/mol. The first kappa shape index (κ1) is 17.0. The van der Waals surface area contributed by atoms with E-state index in [2.05, 4.69) is 20.0 Å². The van der Waals surface area contributed by atoms with Crippen LogP contribution in [-0.2, 0) is 11.3 Å². The van der Waals surface area contributed by atoms with E-state index < -0.39 is 5.97 Å². The highest BCUT2D eigenvalue weighted by Crippen LogP contribution is 2.26. The van der Waals surface area contributed by atoms with Crippen molar-refractivity contribution in [2.75, 3.05) is 6.61 Å². The fourth-order valence-electron chi connectivity index (χ4n) is 3.03. The molecule has 0 radical (unpaired) electrons. The maximum atomic E-state index is 13.1. The zero-order valence-electron chi connectivity index (χ0n) is 14.6. The molecule has 2 aromatic heterocycles. The van der Waals surface area contributed by atoms with Gasteiger partial charge in [-0.05, 0) is 42.1 Å². The summed E-state index contributed by atoms with van der Waals surface area (Å²) in [5.41, 5.74) is 3.35. The van der Waals surface area contributed by atoms with Crippen LogP contribution in [0.5, 0.6) is 0 Å². The van der Waals surface area contributed by atoms with Crippen LogP contribution >= 0.6 is 0 Å². The fraction of sp³-hybridized carbons (Fsp3) is 0.150. The van der Waals surface area contributed by atoms with Crippen LogP contribution in [0.25, 0.3) is 22.2 Å². The summed E-state index contributed by atoms with van der Waals surface area (Å²) in [7, 11) is 0. The van der Waals surface area contributed by atoms with Gasteiger partial charge in [0.25, 0.3) is 0 Å². The number of halogens is 1. The predicted molar refractivity (Wildman–Crippen MR) is 98.8 cm³/mol. The number of benzene rings is 2. The van der Waals surface area contributed by atoms with Crippen molar-refractivity contribution in [3.8, 4) is 11.3 Å². The highest BCUT2D eigenvalue weighted by Gasteiger charge is 2.19. The van der Waals surface area contributed by atoms with Crippen molar-refractivity contribution < 1.29 is 13.9 Å². The van der Waals surface area contributed by atoms with Crippen LogP contribution in [0.3, 0.4) is 0 Å². The molecule has 0 saturated heterocycles. The van der Waals surface area contributed by atoms with E-state index in [1.165, 1.54) is 12.1 Å². The minimum atomic E-state index is -0.511. The van der Waals surface area contributed by atoms with Gasteiger partial charge >= 0.3 is 5.97 Å². The minimum Gasteiger partial charge on any atom is -0.461 e. The molecule has 0 bridgehead atoms. The number of nitrogens with one attached hydrogen (secondary N) is 1. The largest absolute Gasteiger partial charge is 0.461 e. The Labute approximate surface area is 154 Å². The highest BCUT2D eigenvalue weighted by molar-refractivity contribution is 5.95. The first-order valence-electron chi connectivity index (χ1n) is 8.57. The SMILES string of the molecule is CCOC(=O)c1n[nH]nc1-c1ccc2ccn(Cc3ccc(F)cc3)c2c1. The molecule has 2 heterocycles. The molecule has 0 saturated carbocycles. The van der Waals surface area contributed by atoms with Crippen LogP contribution in [0.1, 0.15) is 23.0 Å². The van der Waals surface area contributed by atoms with E-state index in [9.17, 15) is 9.18 Å². The van der Waals surface area contributed by atoms with E-state index in [4.69, 9.17) is 4.74 Å². The lowest BCUT2D eigenvalue weighted by Crippen LogP contribution is -2.06. The first-order chi connectivity index (χ1) is 13.2. The van der Waals surface area contributed by atoms with Gasteiger partial charge in [0.2, 0.25) is 0 Å². The Kier molecular flexibility index (Phi) is 4.42. The molecule has 4 aromatic rings. The molecule has 136 valence electrons. The molecule has 0 aliphatic carbocycles. The lowest BCUT2D eigenvalue weighted by atomic mass is 10.1. The summed E-state index contributed by atoms with van der Waals surface area (Å²) < 4.78 is 20.2. The van der Waals surface area contributed by atoms with Crippen molar-refractivity contribution in [1.29, 1.82) is 0 Å². The standard InChI is InChI=1S/C20H17FN4O2/c1-2-27-20(26)19-18(22-24-23-19)15-6-5-14-9-10-25(17(14)11-15)12-13-3-7-16(21)8-4-13/h3-11H,2,12H2,1H3,(H,22,23,24). The van der Waals surface area contributed by atoms with E-state index in [-0.39, 0.29) is 18.1 Å². The number of hydrogen-bond acceptors (Lipinski definition) is 4. The molecule has 27 heavy (non-hydrogen) atoms. The summed E-state index contributed by atoms with van der Waals surface area (Å²) in [4.78, 5) is 12.1. The molecular formula is C20H17FN4O2. The molecule has 0 amide bonds.